The predicted octanol–water partition coefficient (Wildman–Crippen LogP) is 2.58. The van der Waals surface area contributed by atoms with Gasteiger partial charge >= 0.3 is 0 Å². The van der Waals surface area contributed by atoms with Gasteiger partial charge in [0.1, 0.15) is 5.69 Å². The fourth-order valence-electron chi connectivity index (χ4n) is 3.37. The number of aryl methyl sites for hydroxylation is 1. The average molecular weight is 346 g/mol. The van der Waals surface area contributed by atoms with E-state index in [0.717, 1.165) is 47.8 Å². The number of hydrogen-bond donors (Lipinski definition) is 2. The number of pyridine rings is 2. The first-order chi connectivity index (χ1) is 12.7. The molecule has 4 rings (SSSR count). The van der Waals surface area contributed by atoms with Crippen LogP contribution >= 0.6 is 0 Å². The molecule has 0 unspecified atom stereocenters. The van der Waals surface area contributed by atoms with E-state index in [1.54, 1.807) is 18.2 Å². The Morgan fingerprint density at radius 2 is 1.65 bits per heavy atom. The highest BCUT2D eigenvalue weighted by Gasteiger charge is 2.22. The summed E-state index contributed by atoms with van der Waals surface area (Å²) >= 11 is 0. The standard InChI is InChI=1S/C20H18N4O2/c25-19(17-11-5-6-12-21-17)23-24-20(26)18-13-7-1-3-9-15(13)22-16-10-4-2-8-14(16)18/h1,3,5-7,9,11-12H,2,4,8,10H2,(H,23,25)(H,24,26). The molecule has 2 aromatic heterocycles. The van der Waals surface area contributed by atoms with E-state index in [-0.39, 0.29) is 11.6 Å². The fraction of sp³-hybridized carbons (Fsp3) is 0.200. The Labute approximate surface area is 150 Å². The number of para-hydroxylation sites is 1. The number of benzene rings is 1. The van der Waals surface area contributed by atoms with E-state index in [9.17, 15) is 9.59 Å². The maximum Gasteiger partial charge on any atom is 0.288 e. The van der Waals surface area contributed by atoms with Crippen LogP contribution < -0.4 is 10.9 Å². The highest BCUT2D eigenvalue weighted by atomic mass is 16.2. The highest BCUT2D eigenvalue weighted by molar-refractivity contribution is 6.08. The number of hydrazine groups is 1. The molecular weight excluding hydrogens is 328 g/mol. The van der Waals surface area contributed by atoms with Gasteiger partial charge in [-0.2, -0.15) is 0 Å². The SMILES string of the molecule is O=C(NNC(=O)c1c2c(nc3ccccc13)CCCC2)c1ccccn1. The zero-order valence-corrected chi connectivity index (χ0v) is 14.2. The van der Waals surface area contributed by atoms with Crippen LogP contribution in [0.3, 0.4) is 0 Å². The first kappa shape index (κ1) is 16.2. The van der Waals surface area contributed by atoms with Gasteiger partial charge in [-0.25, -0.2) is 0 Å². The minimum absolute atomic E-state index is 0.245. The van der Waals surface area contributed by atoms with E-state index >= 15 is 0 Å². The smallest absolute Gasteiger partial charge is 0.267 e. The minimum Gasteiger partial charge on any atom is -0.267 e. The second-order valence-electron chi connectivity index (χ2n) is 6.26. The summed E-state index contributed by atoms with van der Waals surface area (Å²) in [6.07, 6.45) is 5.34. The lowest BCUT2D eigenvalue weighted by Crippen LogP contribution is -2.42. The van der Waals surface area contributed by atoms with Gasteiger partial charge in [-0.15, -0.1) is 0 Å². The summed E-state index contributed by atoms with van der Waals surface area (Å²) in [6, 6.07) is 12.6. The molecule has 0 saturated heterocycles. The van der Waals surface area contributed by atoms with Gasteiger partial charge in [-0.3, -0.25) is 30.4 Å². The molecule has 6 nitrogen and oxygen atoms in total. The molecule has 1 aliphatic carbocycles. The van der Waals surface area contributed by atoms with Crippen LogP contribution in [0.25, 0.3) is 10.9 Å². The molecule has 1 aromatic carbocycles. The number of nitrogens with zero attached hydrogens (tertiary/aromatic N) is 2. The molecule has 0 saturated carbocycles. The molecule has 1 aliphatic rings. The summed E-state index contributed by atoms with van der Waals surface area (Å²) in [5.41, 5.74) is 8.60. The number of hydrogen-bond acceptors (Lipinski definition) is 4. The third-order valence-electron chi connectivity index (χ3n) is 4.58. The maximum atomic E-state index is 12.9. The van der Waals surface area contributed by atoms with Gasteiger partial charge in [0.25, 0.3) is 11.8 Å². The van der Waals surface area contributed by atoms with Crippen molar-refractivity contribution in [3.63, 3.8) is 0 Å². The Morgan fingerprint density at radius 1 is 0.885 bits per heavy atom. The summed E-state index contributed by atoms with van der Waals surface area (Å²) in [4.78, 5) is 33.7. The van der Waals surface area contributed by atoms with Crippen molar-refractivity contribution in [1.82, 2.24) is 20.8 Å². The lowest BCUT2D eigenvalue weighted by Gasteiger charge is -2.20. The fourth-order valence-corrected chi connectivity index (χ4v) is 3.37. The Hall–Kier alpha value is -3.28. The van der Waals surface area contributed by atoms with Crippen molar-refractivity contribution in [1.29, 1.82) is 0 Å². The zero-order chi connectivity index (χ0) is 17.9. The molecule has 3 aromatic rings. The van der Waals surface area contributed by atoms with Crippen LogP contribution in [0.5, 0.6) is 0 Å². The van der Waals surface area contributed by atoms with Crippen LogP contribution in [0.4, 0.5) is 0 Å². The largest absolute Gasteiger partial charge is 0.288 e. The second-order valence-corrected chi connectivity index (χ2v) is 6.26. The molecule has 0 atom stereocenters. The van der Waals surface area contributed by atoms with E-state index in [1.165, 1.54) is 6.20 Å². The first-order valence-electron chi connectivity index (χ1n) is 8.66. The molecule has 26 heavy (non-hydrogen) atoms. The number of aromatic nitrogens is 2. The van der Waals surface area contributed by atoms with E-state index in [4.69, 9.17) is 4.98 Å². The Bertz CT molecular complexity index is 986. The van der Waals surface area contributed by atoms with Crippen molar-refractivity contribution in [2.45, 2.75) is 25.7 Å². The van der Waals surface area contributed by atoms with E-state index in [1.807, 2.05) is 24.3 Å². The molecule has 6 heteroatoms. The van der Waals surface area contributed by atoms with Gasteiger partial charge in [-0.1, -0.05) is 24.3 Å². The van der Waals surface area contributed by atoms with Crippen molar-refractivity contribution >= 4 is 22.7 Å². The summed E-state index contributed by atoms with van der Waals surface area (Å²) in [7, 11) is 0. The van der Waals surface area contributed by atoms with Gasteiger partial charge in [-0.05, 0) is 49.4 Å². The summed E-state index contributed by atoms with van der Waals surface area (Å²) in [5, 5.41) is 0.803. The molecule has 0 bridgehead atoms. The molecule has 0 spiro atoms. The zero-order valence-electron chi connectivity index (χ0n) is 14.2. The van der Waals surface area contributed by atoms with Crippen molar-refractivity contribution < 1.29 is 9.59 Å². The Kier molecular flexibility index (Phi) is 4.31. The summed E-state index contributed by atoms with van der Waals surface area (Å²) in [6.45, 7) is 0. The Balaban J connectivity index is 1.65. The third-order valence-corrected chi connectivity index (χ3v) is 4.58. The number of carbonyl (C=O) groups excluding carboxylic acids is 2. The second kappa shape index (κ2) is 6.92. The van der Waals surface area contributed by atoms with Crippen LogP contribution in [0.2, 0.25) is 0 Å². The van der Waals surface area contributed by atoms with Gasteiger partial charge < -0.3 is 0 Å². The normalized spacial score (nSPS) is 13.1. The Morgan fingerprint density at radius 3 is 2.50 bits per heavy atom. The number of amides is 2. The van der Waals surface area contributed by atoms with Crippen molar-refractivity contribution in [3.05, 3.63) is 71.2 Å². The molecule has 130 valence electrons. The van der Waals surface area contributed by atoms with Gasteiger partial charge in [0.05, 0.1) is 11.1 Å². The quantitative estimate of drug-likeness (QED) is 0.699. The number of rotatable bonds is 2. The predicted molar refractivity (Wildman–Crippen MR) is 97.6 cm³/mol. The topological polar surface area (TPSA) is 84.0 Å². The van der Waals surface area contributed by atoms with Gasteiger partial charge in [0, 0.05) is 17.3 Å². The van der Waals surface area contributed by atoms with Crippen molar-refractivity contribution in [3.8, 4) is 0 Å². The molecule has 2 heterocycles. The van der Waals surface area contributed by atoms with Crippen molar-refractivity contribution in [2.24, 2.45) is 0 Å². The number of fused-ring (bicyclic) bond motifs is 2. The van der Waals surface area contributed by atoms with E-state index in [2.05, 4.69) is 15.8 Å². The lowest BCUT2D eigenvalue weighted by molar-refractivity contribution is 0.0844. The summed E-state index contributed by atoms with van der Waals surface area (Å²) < 4.78 is 0. The monoisotopic (exact) mass is 346 g/mol. The highest BCUT2D eigenvalue weighted by Crippen LogP contribution is 2.29. The lowest BCUT2D eigenvalue weighted by atomic mass is 9.89. The van der Waals surface area contributed by atoms with Crippen molar-refractivity contribution in [2.75, 3.05) is 0 Å². The summed E-state index contributed by atoms with van der Waals surface area (Å²) in [5.74, 6) is -0.780. The van der Waals surface area contributed by atoms with Crippen LogP contribution in [0.15, 0.2) is 48.7 Å². The van der Waals surface area contributed by atoms with Crippen LogP contribution in [-0.4, -0.2) is 21.8 Å². The molecular formula is C20H18N4O2. The molecule has 0 fully saturated rings. The number of carbonyl (C=O) groups is 2. The minimum atomic E-state index is -0.453. The first-order valence-corrected chi connectivity index (χ1v) is 8.66. The average Bonchev–Trinajstić information content (AvgIpc) is 2.70. The molecule has 2 amide bonds. The van der Waals surface area contributed by atoms with Crippen LogP contribution in [0.1, 0.15) is 44.9 Å². The van der Waals surface area contributed by atoms with E-state index < -0.39 is 5.91 Å². The molecule has 0 radical (unpaired) electrons. The van der Waals surface area contributed by atoms with Crippen LogP contribution in [0, 0.1) is 0 Å². The van der Waals surface area contributed by atoms with E-state index in [0.29, 0.717) is 5.56 Å². The van der Waals surface area contributed by atoms with Crippen LogP contribution in [-0.2, 0) is 12.8 Å². The molecule has 0 aliphatic heterocycles. The number of nitrogens with one attached hydrogen (secondary N) is 2. The van der Waals surface area contributed by atoms with Gasteiger partial charge in [0.2, 0.25) is 0 Å². The van der Waals surface area contributed by atoms with Gasteiger partial charge in [0.15, 0.2) is 0 Å². The molecule has 2 N–H and O–H groups in total. The maximum absolute atomic E-state index is 12.9. The third kappa shape index (κ3) is 3.01.